The van der Waals surface area contributed by atoms with Crippen LogP contribution < -0.4 is 4.90 Å². The summed E-state index contributed by atoms with van der Waals surface area (Å²) in [6.07, 6.45) is 0. The van der Waals surface area contributed by atoms with Gasteiger partial charge in [0.2, 0.25) is 5.28 Å². The van der Waals surface area contributed by atoms with Gasteiger partial charge in [-0.05, 0) is 23.7 Å². The van der Waals surface area contributed by atoms with E-state index in [-0.39, 0.29) is 5.28 Å². The van der Waals surface area contributed by atoms with E-state index in [1.807, 2.05) is 6.07 Å². The van der Waals surface area contributed by atoms with Crippen molar-refractivity contribution >= 4 is 29.2 Å². The molecule has 0 atom stereocenters. The van der Waals surface area contributed by atoms with Crippen LogP contribution in [-0.2, 0) is 10.5 Å². The predicted molar refractivity (Wildman–Crippen MR) is 86.0 cm³/mol. The van der Waals surface area contributed by atoms with E-state index in [0.29, 0.717) is 29.6 Å². The topological polar surface area (TPSA) is 38.2 Å². The Labute approximate surface area is 141 Å². The molecule has 4 nitrogen and oxygen atoms in total. The normalized spacial score (nSPS) is 15.0. The second-order valence-electron chi connectivity index (χ2n) is 4.98. The number of aromatic nitrogens is 2. The van der Waals surface area contributed by atoms with Gasteiger partial charge in [0, 0.05) is 35.9 Å². The Balaban J connectivity index is 1.73. The van der Waals surface area contributed by atoms with Crippen molar-refractivity contribution < 1.29 is 13.5 Å². The van der Waals surface area contributed by atoms with Crippen molar-refractivity contribution in [1.29, 1.82) is 0 Å². The zero-order valence-electron chi connectivity index (χ0n) is 12.1. The van der Waals surface area contributed by atoms with Crippen molar-refractivity contribution in [3.63, 3.8) is 0 Å². The van der Waals surface area contributed by atoms with Crippen LogP contribution in [0.3, 0.4) is 0 Å². The molecule has 0 bridgehead atoms. The summed E-state index contributed by atoms with van der Waals surface area (Å²) in [5, 5.41) is 0.162. The number of hydrogen-bond donors (Lipinski definition) is 0. The van der Waals surface area contributed by atoms with Crippen LogP contribution >= 0.6 is 23.4 Å². The molecule has 0 radical (unpaired) electrons. The van der Waals surface area contributed by atoms with Crippen molar-refractivity contribution in [2.75, 3.05) is 31.2 Å². The minimum Gasteiger partial charge on any atom is -0.378 e. The van der Waals surface area contributed by atoms with Crippen LogP contribution in [0.5, 0.6) is 0 Å². The average molecular weight is 358 g/mol. The van der Waals surface area contributed by atoms with E-state index in [1.165, 1.54) is 23.9 Å². The Kier molecular flexibility index (Phi) is 5.30. The molecule has 0 amide bonds. The Morgan fingerprint density at radius 2 is 1.78 bits per heavy atom. The number of anilines is 1. The molecular formula is C15H14ClF2N3OS. The third-order valence-corrected chi connectivity index (χ3v) is 4.47. The van der Waals surface area contributed by atoms with E-state index in [2.05, 4.69) is 14.9 Å². The van der Waals surface area contributed by atoms with Gasteiger partial charge in [-0.2, -0.15) is 0 Å². The lowest BCUT2D eigenvalue weighted by Crippen LogP contribution is -2.36. The maximum atomic E-state index is 13.2. The summed E-state index contributed by atoms with van der Waals surface area (Å²) in [5.41, 5.74) is 0.709. The van der Waals surface area contributed by atoms with Crippen molar-refractivity contribution in [3.05, 3.63) is 46.9 Å². The quantitative estimate of drug-likeness (QED) is 0.618. The minimum absolute atomic E-state index is 0.162. The summed E-state index contributed by atoms with van der Waals surface area (Å²) in [4.78, 5) is 11.0. The molecule has 1 saturated heterocycles. The maximum Gasteiger partial charge on any atom is 0.224 e. The molecule has 0 saturated carbocycles. The van der Waals surface area contributed by atoms with Crippen molar-refractivity contribution in [3.8, 4) is 0 Å². The molecule has 0 unspecified atom stereocenters. The van der Waals surface area contributed by atoms with Crippen LogP contribution in [0.4, 0.5) is 14.6 Å². The lowest BCUT2D eigenvalue weighted by molar-refractivity contribution is 0.122. The number of morpholine rings is 1. The predicted octanol–water partition coefficient (Wildman–Crippen LogP) is 3.54. The van der Waals surface area contributed by atoms with Crippen molar-refractivity contribution in [2.24, 2.45) is 0 Å². The molecule has 8 heteroatoms. The second-order valence-corrected chi connectivity index (χ2v) is 6.37. The molecule has 122 valence electrons. The SMILES string of the molecule is Fc1cc(F)cc(SCc2cc(N3CCOCC3)nc(Cl)n2)c1. The van der Waals surface area contributed by atoms with Gasteiger partial charge in [-0.3, -0.25) is 0 Å². The standard InChI is InChI=1S/C15H14ClF2N3OS/c16-15-19-12(8-14(20-15)21-1-3-22-4-2-21)9-23-13-6-10(17)5-11(18)7-13/h5-8H,1-4,9H2. The first-order valence-corrected chi connectivity index (χ1v) is 8.41. The summed E-state index contributed by atoms with van der Waals surface area (Å²) in [6.45, 7) is 2.78. The Morgan fingerprint density at radius 1 is 1.09 bits per heavy atom. The average Bonchev–Trinajstić information content (AvgIpc) is 2.52. The molecule has 0 spiro atoms. The van der Waals surface area contributed by atoms with Crippen molar-refractivity contribution in [1.82, 2.24) is 9.97 Å². The number of rotatable bonds is 4. The summed E-state index contributed by atoms with van der Waals surface area (Å²) >= 11 is 7.29. The second kappa shape index (κ2) is 7.42. The summed E-state index contributed by atoms with van der Waals surface area (Å²) in [6, 6.07) is 5.28. The molecule has 1 aromatic heterocycles. The van der Waals surface area contributed by atoms with E-state index >= 15 is 0 Å². The van der Waals surface area contributed by atoms with Gasteiger partial charge in [0.1, 0.15) is 17.5 Å². The smallest absolute Gasteiger partial charge is 0.224 e. The van der Waals surface area contributed by atoms with Gasteiger partial charge in [-0.1, -0.05) is 0 Å². The molecule has 23 heavy (non-hydrogen) atoms. The Bertz CT molecular complexity index is 678. The number of nitrogens with zero attached hydrogens (tertiary/aromatic N) is 3. The van der Waals surface area contributed by atoms with Crippen molar-refractivity contribution in [2.45, 2.75) is 10.6 Å². The largest absolute Gasteiger partial charge is 0.378 e. The van der Waals surface area contributed by atoms with Crippen LogP contribution in [-0.4, -0.2) is 36.3 Å². The molecule has 1 aliphatic rings. The molecule has 1 aliphatic heterocycles. The van der Waals surface area contributed by atoms with Gasteiger partial charge in [-0.25, -0.2) is 18.7 Å². The van der Waals surface area contributed by atoms with Gasteiger partial charge in [0.15, 0.2) is 0 Å². The minimum atomic E-state index is -0.595. The van der Waals surface area contributed by atoms with Gasteiger partial charge in [0.05, 0.1) is 18.9 Å². The van der Waals surface area contributed by atoms with E-state index in [1.54, 1.807) is 0 Å². The third-order valence-electron chi connectivity index (χ3n) is 3.30. The fourth-order valence-electron chi connectivity index (χ4n) is 2.25. The highest BCUT2D eigenvalue weighted by atomic mass is 35.5. The lowest BCUT2D eigenvalue weighted by atomic mass is 10.3. The van der Waals surface area contributed by atoms with E-state index in [9.17, 15) is 8.78 Å². The maximum absolute atomic E-state index is 13.2. The number of halogens is 3. The molecule has 2 aromatic rings. The molecule has 0 aliphatic carbocycles. The van der Waals surface area contributed by atoms with Gasteiger partial charge < -0.3 is 9.64 Å². The summed E-state index contributed by atoms with van der Waals surface area (Å²) in [5.74, 6) is 0.00132. The highest BCUT2D eigenvalue weighted by molar-refractivity contribution is 7.98. The first-order chi connectivity index (χ1) is 11.1. The first-order valence-electron chi connectivity index (χ1n) is 7.05. The van der Waals surface area contributed by atoms with Crippen LogP contribution in [0.1, 0.15) is 5.69 Å². The molecule has 1 fully saturated rings. The third kappa shape index (κ3) is 4.53. The summed E-state index contributed by atoms with van der Waals surface area (Å²) < 4.78 is 31.7. The molecule has 0 N–H and O–H groups in total. The fraction of sp³-hybridized carbons (Fsp3) is 0.333. The van der Waals surface area contributed by atoms with Gasteiger partial charge >= 0.3 is 0 Å². The molecule has 3 rings (SSSR count). The summed E-state index contributed by atoms with van der Waals surface area (Å²) in [7, 11) is 0. The van der Waals surface area contributed by atoms with Crippen LogP contribution in [0, 0.1) is 11.6 Å². The van der Waals surface area contributed by atoms with Crippen LogP contribution in [0.15, 0.2) is 29.2 Å². The van der Waals surface area contributed by atoms with E-state index in [0.717, 1.165) is 25.0 Å². The Hall–Kier alpha value is -1.44. The zero-order chi connectivity index (χ0) is 16.2. The fourth-order valence-corrected chi connectivity index (χ4v) is 3.30. The number of thioether (sulfide) groups is 1. The Morgan fingerprint density at radius 3 is 2.48 bits per heavy atom. The molecule has 1 aromatic carbocycles. The number of benzene rings is 1. The van der Waals surface area contributed by atoms with E-state index < -0.39 is 11.6 Å². The lowest BCUT2D eigenvalue weighted by Gasteiger charge is -2.28. The monoisotopic (exact) mass is 357 g/mol. The van der Waals surface area contributed by atoms with Crippen LogP contribution in [0.2, 0.25) is 5.28 Å². The zero-order valence-corrected chi connectivity index (χ0v) is 13.7. The van der Waals surface area contributed by atoms with Gasteiger partial charge in [-0.15, -0.1) is 11.8 Å². The highest BCUT2D eigenvalue weighted by Crippen LogP contribution is 2.26. The number of ether oxygens (including phenoxy) is 1. The number of hydrogen-bond acceptors (Lipinski definition) is 5. The highest BCUT2D eigenvalue weighted by Gasteiger charge is 2.14. The molecule has 2 heterocycles. The molecular weight excluding hydrogens is 344 g/mol. The first kappa shape index (κ1) is 16.4. The van der Waals surface area contributed by atoms with Crippen LogP contribution in [0.25, 0.3) is 0 Å². The van der Waals surface area contributed by atoms with E-state index in [4.69, 9.17) is 16.3 Å². The van der Waals surface area contributed by atoms with Gasteiger partial charge in [0.25, 0.3) is 0 Å².